The third kappa shape index (κ3) is 24.8. The Labute approximate surface area is 244 Å². The first kappa shape index (κ1) is 42.8. The van der Waals surface area contributed by atoms with Gasteiger partial charge in [-0.3, -0.25) is 0 Å². The zero-order valence-corrected chi connectivity index (χ0v) is 26.7. The predicted molar refractivity (Wildman–Crippen MR) is 120 cm³/mol. The van der Waals surface area contributed by atoms with Crippen LogP contribution in [-0.2, 0) is 34.1 Å². The molecule has 4 nitrogen and oxygen atoms in total. The van der Waals surface area contributed by atoms with Crippen molar-refractivity contribution >= 4 is 89.7 Å². The average Bonchev–Trinajstić information content (AvgIpc) is 2.38. The SMILES string of the molecule is CN(C)C(=S)SC(=S)N(C)C.CN(C)C(=S)SC(=S)N(C)C.[Cu+].[Cu+].[I-].[I-]. The molecular formula is C12H24Cu2I2N4S6. The number of nitrogens with zero attached hydrogens (tertiary/aromatic N) is 4. The van der Waals surface area contributed by atoms with Crippen LogP contribution < -0.4 is 48.0 Å². The molecule has 0 aromatic carbocycles. The normalized spacial score (nSPS) is 7.69. The van der Waals surface area contributed by atoms with Gasteiger partial charge in [-0.25, -0.2) is 0 Å². The van der Waals surface area contributed by atoms with Crippen molar-refractivity contribution in [2.75, 3.05) is 56.4 Å². The number of halogens is 2. The maximum Gasteiger partial charge on any atom is 1.00 e. The predicted octanol–water partition coefficient (Wildman–Crippen LogP) is -3.17. The van der Waals surface area contributed by atoms with Crippen LogP contribution in [0.15, 0.2) is 0 Å². The Morgan fingerprint density at radius 2 is 0.577 bits per heavy atom. The van der Waals surface area contributed by atoms with E-state index in [0.717, 1.165) is 17.3 Å². The minimum absolute atomic E-state index is 0. The summed E-state index contributed by atoms with van der Waals surface area (Å²) in [5.41, 5.74) is 0. The number of hydrogen-bond acceptors (Lipinski definition) is 6. The molecule has 0 bridgehead atoms. The number of hydrogen-bond donors (Lipinski definition) is 0. The van der Waals surface area contributed by atoms with Gasteiger partial charge in [0.1, 0.15) is 17.3 Å². The van der Waals surface area contributed by atoms with Gasteiger partial charge in [0.25, 0.3) is 0 Å². The zero-order valence-electron chi connectivity index (χ0n) is 15.6. The Kier molecular flexibility index (Phi) is 39.5. The first-order valence-corrected chi connectivity index (χ1v) is 9.37. The van der Waals surface area contributed by atoms with Crippen molar-refractivity contribution in [3.05, 3.63) is 0 Å². The van der Waals surface area contributed by atoms with E-state index in [9.17, 15) is 0 Å². The van der Waals surface area contributed by atoms with Gasteiger partial charge in [-0.15, -0.1) is 0 Å². The number of thiocarbonyl (C=S) groups is 4. The van der Waals surface area contributed by atoms with Crippen LogP contribution in [-0.4, -0.2) is 93.3 Å². The third-order valence-electron chi connectivity index (χ3n) is 1.81. The minimum Gasteiger partial charge on any atom is -1.00 e. The molecule has 0 aromatic rings. The molecule has 164 valence electrons. The fraction of sp³-hybridized carbons (Fsp3) is 0.667. The van der Waals surface area contributed by atoms with Crippen molar-refractivity contribution in [1.29, 1.82) is 0 Å². The second-order valence-electron chi connectivity index (χ2n) is 4.85. The average molecular weight is 798 g/mol. The maximum absolute atomic E-state index is 5.05. The van der Waals surface area contributed by atoms with Gasteiger partial charge >= 0.3 is 34.1 Å². The van der Waals surface area contributed by atoms with Crippen LogP contribution >= 0.6 is 72.4 Å². The van der Waals surface area contributed by atoms with E-state index in [-0.39, 0.29) is 82.1 Å². The van der Waals surface area contributed by atoms with Gasteiger partial charge in [0, 0.05) is 56.4 Å². The maximum atomic E-state index is 5.05. The van der Waals surface area contributed by atoms with Gasteiger partial charge in [0.15, 0.2) is 0 Å². The van der Waals surface area contributed by atoms with Crippen LogP contribution in [0.2, 0.25) is 0 Å². The second kappa shape index (κ2) is 24.0. The van der Waals surface area contributed by atoms with Gasteiger partial charge in [-0.1, -0.05) is 48.9 Å². The van der Waals surface area contributed by atoms with Crippen LogP contribution in [0.3, 0.4) is 0 Å². The summed E-state index contributed by atoms with van der Waals surface area (Å²) in [6.45, 7) is 0. The van der Waals surface area contributed by atoms with Crippen molar-refractivity contribution in [1.82, 2.24) is 19.6 Å². The van der Waals surface area contributed by atoms with Crippen molar-refractivity contribution in [2.45, 2.75) is 0 Å². The summed E-state index contributed by atoms with van der Waals surface area (Å²) in [7, 11) is 15.3. The minimum atomic E-state index is 0. The molecule has 0 N–H and O–H groups in total. The molecule has 0 radical (unpaired) electrons. The molecule has 26 heavy (non-hydrogen) atoms. The Hall–Kier alpha value is 2.76. The molecular weight excluding hydrogens is 773 g/mol. The summed E-state index contributed by atoms with van der Waals surface area (Å²) in [6.07, 6.45) is 0. The topological polar surface area (TPSA) is 13.0 Å². The smallest absolute Gasteiger partial charge is 1.00 e. The molecule has 0 saturated carbocycles. The van der Waals surface area contributed by atoms with Gasteiger partial charge in [-0.2, -0.15) is 0 Å². The molecule has 0 fully saturated rings. The van der Waals surface area contributed by atoms with E-state index in [0.29, 0.717) is 0 Å². The fourth-order valence-corrected chi connectivity index (χ4v) is 2.81. The quantitative estimate of drug-likeness (QED) is 0.141. The van der Waals surface area contributed by atoms with Crippen LogP contribution in [0.4, 0.5) is 0 Å². The first-order valence-electron chi connectivity index (χ1n) is 6.11. The molecule has 0 atom stereocenters. The van der Waals surface area contributed by atoms with Gasteiger partial charge in [0.05, 0.1) is 0 Å². The Balaban J connectivity index is -0.0000000667. The van der Waals surface area contributed by atoms with Gasteiger partial charge in [0.2, 0.25) is 0 Å². The summed E-state index contributed by atoms with van der Waals surface area (Å²) in [6, 6.07) is 0. The molecule has 0 spiro atoms. The van der Waals surface area contributed by atoms with E-state index in [1.54, 1.807) is 0 Å². The molecule has 0 unspecified atom stereocenters. The molecule has 14 heteroatoms. The number of thioether (sulfide) groups is 2. The van der Waals surface area contributed by atoms with Crippen molar-refractivity contribution < 1.29 is 82.1 Å². The van der Waals surface area contributed by atoms with Crippen molar-refractivity contribution in [2.24, 2.45) is 0 Å². The summed E-state index contributed by atoms with van der Waals surface area (Å²) in [5, 5.41) is 0. The van der Waals surface area contributed by atoms with E-state index in [1.165, 1.54) is 23.5 Å². The summed E-state index contributed by atoms with van der Waals surface area (Å²) < 4.78 is 3.18. The van der Waals surface area contributed by atoms with Crippen LogP contribution in [0.5, 0.6) is 0 Å². The van der Waals surface area contributed by atoms with Crippen molar-refractivity contribution in [3.8, 4) is 0 Å². The van der Waals surface area contributed by atoms with E-state index in [1.807, 2.05) is 76.0 Å². The standard InChI is InChI=1S/2C6H12N2S3.2Cu.2HI/c2*1-7(2)5(9)11-6(10)8(3)4;;;;/h2*1-4H3;;;2*1H/q;;2*+1;;/p-2. The van der Waals surface area contributed by atoms with E-state index in [4.69, 9.17) is 48.9 Å². The Bertz CT molecular complexity index is 353. The monoisotopic (exact) mass is 796 g/mol. The third-order valence-corrected chi connectivity index (χ3v) is 6.43. The van der Waals surface area contributed by atoms with Crippen LogP contribution in [0.1, 0.15) is 0 Å². The Morgan fingerprint density at radius 1 is 0.462 bits per heavy atom. The van der Waals surface area contributed by atoms with Crippen LogP contribution in [0.25, 0.3) is 0 Å². The largest absolute Gasteiger partial charge is 1.00 e. The van der Waals surface area contributed by atoms with Gasteiger partial charge < -0.3 is 67.6 Å². The zero-order chi connectivity index (χ0) is 18.0. The molecule has 0 aliphatic heterocycles. The first-order chi connectivity index (χ1) is 9.89. The second-order valence-corrected chi connectivity index (χ2v) is 9.38. The van der Waals surface area contributed by atoms with Crippen molar-refractivity contribution in [3.63, 3.8) is 0 Å². The molecule has 0 aliphatic carbocycles. The van der Waals surface area contributed by atoms with E-state index < -0.39 is 0 Å². The molecule has 0 heterocycles. The number of rotatable bonds is 0. The molecule has 0 rings (SSSR count). The molecule has 0 aromatic heterocycles. The summed E-state index contributed by atoms with van der Waals surface area (Å²) in [5.74, 6) is 0. The fourth-order valence-electron chi connectivity index (χ4n) is 0.515. The van der Waals surface area contributed by atoms with E-state index >= 15 is 0 Å². The Morgan fingerprint density at radius 3 is 0.654 bits per heavy atom. The van der Waals surface area contributed by atoms with E-state index in [2.05, 4.69) is 0 Å². The molecule has 0 amide bonds. The summed E-state index contributed by atoms with van der Waals surface area (Å²) in [4.78, 5) is 7.48. The molecule has 0 aliphatic rings. The molecule has 0 saturated heterocycles. The van der Waals surface area contributed by atoms with Gasteiger partial charge in [-0.05, 0) is 23.5 Å². The van der Waals surface area contributed by atoms with Crippen LogP contribution in [0, 0.1) is 0 Å². The summed E-state index contributed by atoms with van der Waals surface area (Å²) >= 11 is 23.1.